The molecule has 1 saturated carbocycles. The molecule has 0 aliphatic heterocycles. The van der Waals surface area contributed by atoms with Gasteiger partial charge in [0.05, 0.1) is 5.76 Å². The van der Waals surface area contributed by atoms with Gasteiger partial charge >= 0.3 is 0 Å². The van der Waals surface area contributed by atoms with Gasteiger partial charge in [-0.3, -0.25) is 0 Å². The van der Waals surface area contributed by atoms with E-state index < -0.39 is 0 Å². The fourth-order valence-corrected chi connectivity index (χ4v) is 2.74. The number of rotatable bonds is 8. The van der Waals surface area contributed by atoms with Crippen molar-refractivity contribution in [2.24, 2.45) is 5.92 Å². The summed E-state index contributed by atoms with van der Waals surface area (Å²) in [5.74, 6) is 4.34. The van der Waals surface area contributed by atoms with Gasteiger partial charge in [-0.1, -0.05) is 12.1 Å². The zero-order valence-corrected chi connectivity index (χ0v) is 17.0. The number of allylic oxidation sites excluding steroid dienone is 5. The lowest BCUT2D eigenvalue weighted by molar-refractivity contribution is 0.409. The van der Waals surface area contributed by atoms with E-state index in [-0.39, 0.29) is 5.76 Å². The van der Waals surface area contributed by atoms with Crippen LogP contribution in [0.2, 0.25) is 0 Å². The number of aryl methyl sites for hydroxylation is 1. The molecule has 0 amide bonds. The number of aliphatic hydroxyl groups excluding tert-OH is 1. The van der Waals surface area contributed by atoms with E-state index in [0.29, 0.717) is 34.5 Å². The second kappa shape index (κ2) is 9.22. The summed E-state index contributed by atoms with van der Waals surface area (Å²) >= 11 is 0. The molecule has 0 saturated heterocycles. The van der Waals surface area contributed by atoms with Crippen LogP contribution in [0.5, 0.6) is 0 Å². The average Bonchev–Trinajstić information content (AvgIpc) is 3.50. The molecule has 0 bridgehead atoms. The van der Waals surface area contributed by atoms with E-state index in [2.05, 4.69) is 20.6 Å². The van der Waals surface area contributed by atoms with Crippen LogP contribution in [0.4, 0.5) is 17.3 Å². The number of aliphatic hydroxyl groups is 1. The normalized spacial score (nSPS) is 14.7. The van der Waals surface area contributed by atoms with Crippen LogP contribution >= 0.6 is 0 Å². The Morgan fingerprint density at radius 1 is 1.24 bits per heavy atom. The van der Waals surface area contributed by atoms with E-state index in [9.17, 15) is 9.90 Å². The molecule has 1 aliphatic carbocycles. The van der Waals surface area contributed by atoms with E-state index in [1.165, 1.54) is 18.9 Å². The van der Waals surface area contributed by atoms with Gasteiger partial charge < -0.3 is 15.7 Å². The van der Waals surface area contributed by atoms with E-state index in [4.69, 9.17) is 0 Å². The van der Waals surface area contributed by atoms with E-state index >= 15 is 0 Å². The van der Waals surface area contributed by atoms with Crippen molar-refractivity contribution < 1.29 is 9.90 Å². The summed E-state index contributed by atoms with van der Waals surface area (Å²) in [5.41, 5.74) is 3.16. The SMILES string of the molecule is CC(O)=C(C)C=C(C=C=O)c1nc(NCC2CC2)cc(Nc2cccc(C)c2)n1. The maximum absolute atomic E-state index is 11.1. The molecule has 150 valence electrons. The predicted octanol–water partition coefficient (Wildman–Crippen LogP) is 4.97. The molecule has 0 radical (unpaired) electrons. The van der Waals surface area contributed by atoms with E-state index in [0.717, 1.165) is 17.8 Å². The average molecular weight is 390 g/mol. The Hall–Kier alpha value is -3.37. The van der Waals surface area contributed by atoms with Gasteiger partial charge in [0.15, 0.2) is 5.82 Å². The smallest absolute Gasteiger partial charge is 0.164 e. The monoisotopic (exact) mass is 390 g/mol. The molecule has 1 heterocycles. The standard InChI is InChI=1S/C23H26N4O2/c1-15-5-4-6-20(11-15)25-22-13-21(24-14-18-7-8-18)26-23(27-22)19(9-10-28)12-16(2)17(3)29/h4-6,9,11-13,18,29H,7-8,14H2,1-3H3,(H2,24,25,26,27). The van der Waals surface area contributed by atoms with Crippen LogP contribution in [0, 0.1) is 12.8 Å². The van der Waals surface area contributed by atoms with Crippen LogP contribution in [0.3, 0.4) is 0 Å². The number of nitrogens with one attached hydrogen (secondary N) is 2. The van der Waals surface area contributed by atoms with E-state index in [1.54, 1.807) is 25.9 Å². The minimum absolute atomic E-state index is 0.169. The van der Waals surface area contributed by atoms with Crippen LogP contribution in [0.1, 0.15) is 38.1 Å². The van der Waals surface area contributed by atoms with Crippen molar-refractivity contribution in [3.63, 3.8) is 0 Å². The van der Waals surface area contributed by atoms with Crippen molar-refractivity contribution in [1.29, 1.82) is 0 Å². The highest BCUT2D eigenvalue weighted by Crippen LogP contribution is 2.29. The molecule has 3 N–H and O–H groups in total. The molecule has 1 fully saturated rings. The van der Waals surface area contributed by atoms with Gasteiger partial charge in [0.1, 0.15) is 17.6 Å². The first-order chi connectivity index (χ1) is 13.9. The summed E-state index contributed by atoms with van der Waals surface area (Å²) in [6.07, 6.45) is 5.43. The molecule has 0 spiro atoms. The van der Waals surface area contributed by atoms with Gasteiger partial charge in [-0.2, -0.15) is 0 Å². The van der Waals surface area contributed by atoms with Crippen molar-refractivity contribution in [3.05, 3.63) is 65.2 Å². The number of benzene rings is 1. The molecule has 6 nitrogen and oxygen atoms in total. The fraction of sp³-hybridized carbons (Fsp3) is 0.304. The molecular weight excluding hydrogens is 364 g/mol. The van der Waals surface area contributed by atoms with Crippen molar-refractivity contribution >= 4 is 28.8 Å². The zero-order valence-electron chi connectivity index (χ0n) is 17.0. The second-order valence-corrected chi connectivity index (χ2v) is 7.41. The van der Waals surface area contributed by atoms with Gasteiger partial charge in [0.2, 0.25) is 0 Å². The van der Waals surface area contributed by atoms with Gasteiger partial charge in [-0.05, 0) is 68.9 Å². The summed E-state index contributed by atoms with van der Waals surface area (Å²) in [5, 5.41) is 16.4. The Labute approximate surface area is 171 Å². The Kier molecular flexibility index (Phi) is 6.47. The molecule has 1 aromatic carbocycles. The van der Waals surface area contributed by atoms with Gasteiger partial charge in [-0.15, -0.1) is 0 Å². The predicted molar refractivity (Wildman–Crippen MR) is 117 cm³/mol. The maximum Gasteiger partial charge on any atom is 0.164 e. The molecule has 0 atom stereocenters. The Morgan fingerprint density at radius 3 is 2.66 bits per heavy atom. The van der Waals surface area contributed by atoms with Crippen molar-refractivity contribution in [2.45, 2.75) is 33.6 Å². The molecule has 1 aromatic heterocycles. The van der Waals surface area contributed by atoms with Crippen LogP contribution in [-0.2, 0) is 4.79 Å². The quantitative estimate of drug-likeness (QED) is 0.335. The van der Waals surface area contributed by atoms with Crippen molar-refractivity contribution in [2.75, 3.05) is 17.2 Å². The molecule has 3 rings (SSSR count). The van der Waals surface area contributed by atoms with Gasteiger partial charge in [0, 0.05) is 29.9 Å². The summed E-state index contributed by atoms with van der Waals surface area (Å²) in [6, 6.07) is 9.86. The van der Waals surface area contributed by atoms with Crippen molar-refractivity contribution in [3.8, 4) is 0 Å². The fourth-order valence-electron chi connectivity index (χ4n) is 2.74. The summed E-state index contributed by atoms with van der Waals surface area (Å²) in [7, 11) is 0. The van der Waals surface area contributed by atoms with Crippen LogP contribution < -0.4 is 10.6 Å². The lowest BCUT2D eigenvalue weighted by Gasteiger charge is -2.12. The number of anilines is 3. The maximum atomic E-state index is 11.1. The summed E-state index contributed by atoms with van der Waals surface area (Å²) < 4.78 is 0. The number of hydrogen-bond acceptors (Lipinski definition) is 6. The number of carbonyl (C=O) groups excluding carboxylic acids is 1. The Bertz CT molecular complexity index is 996. The summed E-state index contributed by atoms with van der Waals surface area (Å²) in [6.45, 7) is 6.24. The number of aromatic nitrogens is 2. The zero-order chi connectivity index (χ0) is 20.8. The minimum Gasteiger partial charge on any atom is -0.512 e. The van der Waals surface area contributed by atoms with Crippen LogP contribution in [-0.4, -0.2) is 27.6 Å². The van der Waals surface area contributed by atoms with Gasteiger partial charge in [-0.25, -0.2) is 14.8 Å². The highest BCUT2D eigenvalue weighted by molar-refractivity contribution is 5.81. The lowest BCUT2D eigenvalue weighted by atomic mass is 10.1. The molecule has 1 aliphatic rings. The highest BCUT2D eigenvalue weighted by atomic mass is 16.3. The second-order valence-electron chi connectivity index (χ2n) is 7.41. The Balaban J connectivity index is 2.00. The molecule has 0 unspecified atom stereocenters. The number of nitrogens with zero attached hydrogens (tertiary/aromatic N) is 2. The highest BCUT2D eigenvalue weighted by Gasteiger charge is 2.21. The molecular formula is C23H26N4O2. The Morgan fingerprint density at radius 2 is 2.00 bits per heavy atom. The van der Waals surface area contributed by atoms with Crippen LogP contribution in [0.15, 0.2) is 53.8 Å². The molecule has 29 heavy (non-hydrogen) atoms. The minimum atomic E-state index is 0.169. The van der Waals surface area contributed by atoms with Crippen molar-refractivity contribution in [1.82, 2.24) is 9.97 Å². The van der Waals surface area contributed by atoms with Gasteiger partial charge in [0.25, 0.3) is 0 Å². The molecule has 2 aromatic rings. The lowest BCUT2D eigenvalue weighted by Crippen LogP contribution is -2.08. The third-order valence-corrected chi connectivity index (χ3v) is 4.70. The first kappa shape index (κ1) is 20.4. The van der Waals surface area contributed by atoms with E-state index in [1.807, 2.05) is 37.3 Å². The third kappa shape index (κ3) is 6.06. The van der Waals surface area contributed by atoms with Crippen LogP contribution in [0.25, 0.3) is 5.57 Å². The largest absolute Gasteiger partial charge is 0.512 e. The third-order valence-electron chi connectivity index (χ3n) is 4.70. The first-order valence-electron chi connectivity index (χ1n) is 9.70. The topological polar surface area (TPSA) is 87.1 Å². The molecule has 6 heteroatoms. The first-order valence-corrected chi connectivity index (χ1v) is 9.70. The summed E-state index contributed by atoms with van der Waals surface area (Å²) in [4.78, 5) is 20.2. The number of hydrogen-bond donors (Lipinski definition) is 3.